The molecule has 8 nitrogen and oxygen atoms in total. The van der Waals surface area contributed by atoms with E-state index in [4.69, 9.17) is 10.5 Å². The van der Waals surface area contributed by atoms with Crippen molar-refractivity contribution in [2.24, 2.45) is 0 Å². The zero-order chi connectivity index (χ0) is 24.0. The molecule has 0 bridgehead atoms. The number of alkyl halides is 3. The van der Waals surface area contributed by atoms with Gasteiger partial charge in [0.05, 0.1) is 11.6 Å². The lowest BCUT2D eigenvalue weighted by Gasteiger charge is -2.26. The van der Waals surface area contributed by atoms with Gasteiger partial charge in [-0.15, -0.1) is 0 Å². The first kappa shape index (κ1) is 24.1. The second-order valence-electron chi connectivity index (χ2n) is 7.40. The van der Waals surface area contributed by atoms with Crippen LogP contribution in [-0.2, 0) is 9.53 Å². The van der Waals surface area contributed by atoms with E-state index in [0.717, 1.165) is 18.6 Å². The van der Waals surface area contributed by atoms with Crippen molar-refractivity contribution in [1.82, 2.24) is 10.6 Å². The van der Waals surface area contributed by atoms with Crippen LogP contribution in [0, 0.1) is 0 Å². The predicted molar refractivity (Wildman–Crippen MR) is 112 cm³/mol. The van der Waals surface area contributed by atoms with Crippen LogP contribution in [-0.4, -0.2) is 49.3 Å². The van der Waals surface area contributed by atoms with Gasteiger partial charge in [-0.1, -0.05) is 0 Å². The molecule has 0 spiro atoms. The van der Waals surface area contributed by atoms with Crippen LogP contribution in [0.25, 0.3) is 0 Å². The largest absolute Gasteiger partial charge is 0.491 e. The van der Waals surface area contributed by atoms with Crippen LogP contribution in [0.4, 0.5) is 18.9 Å². The molecule has 1 heterocycles. The quantitative estimate of drug-likeness (QED) is 0.353. The van der Waals surface area contributed by atoms with Gasteiger partial charge in [0.2, 0.25) is 0 Å². The minimum absolute atomic E-state index is 0.134. The van der Waals surface area contributed by atoms with Crippen molar-refractivity contribution in [1.29, 1.82) is 0 Å². The number of hydrogen-bond acceptors (Lipinski definition) is 7. The van der Waals surface area contributed by atoms with E-state index < -0.39 is 36.2 Å². The maximum absolute atomic E-state index is 12.7. The Morgan fingerprint density at radius 1 is 1.00 bits per heavy atom. The number of amides is 1. The Labute approximate surface area is 187 Å². The molecule has 0 unspecified atom stereocenters. The number of nitrogens with one attached hydrogen (secondary N) is 2. The van der Waals surface area contributed by atoms with Crippen LogP contribution in [0.15, 0.2) is 48.5 Å². The third-order valence-corrected chi connectivity index (χ3v) is 4.94. The van der Waals surface area contributed by atoms with Crippen molar-refractivity contribution in [3.05, 3.63) is 59.7 Å². The molecule has 0 saturated carbocycles. The third-order valence-electron chi connectivity index (χ3n) is 4.94. The molecule has 0 radical (unpaired) electrons. The fourth-order valence-electron chi connectivity index (χ4n) is 3.22. The van der Waals surface area contributed by atoms with Crippen molar-refractivity contribution in [3.8, 4) is 5.75 Å². The predicted octanol–water partition coefficient (Wildman–Crippen LogP) is 2.44. The van der Waals surface area contributed by atoms with E-state index >= 15 is 0 Å². The first-order valence-corrected chi connectivity index (χ1v) is 10.1. The highest BCUT2D eigenvalue weighted by Crippen LogP contribution is 2.21. The Kier molecular flexibility index (Phi) is 7.54. The van der Waals surface area contributed by atoms with Gasteiger partial charge in [0.15, 0.2) is 0 Å². The molecular weight excluding hydrogens is 443 g/mol. The first-order chi connectivity index (χ1) is 15.6. The number of carbonyl (C=O) groups excluding carboxylic acids is 3. The van der Waals surface area contributed by atoms with E-state index in [0.29, 0.717) is 30.8 Å². The molecular formula is C22H22F3N3O5. The maximum atomic E-state index is 12.7. The Hall–Kier alpha value is -3.60. The van der Waals surface area contributed by atoms with Gasteiger partial charge < -0.3 is 25.8 Å². The second-order valence-corrected chi connectivity index (χ2v) is 7.40. The fourth-order valence-corrected chi connectivity index (χ4v) is 3.22. The van der Waals surface area contributed by atoms with Gasteiger partial charge >= 0.3 is 18.1 Å². The maximum Gasteiger partial charge on any atom is 0.491 e. The van der Waals surface area contributed by atoms with E-state index in [-0.39, 0.29) is 11.3 Å². The summed E-state index contributed by atoms with van der Waals surface area (Å²) in [6, 6.07) is 10.4. The minimum Gasteiger partial charge on any atom is -0.457 e. The van der Waals surface area contributed by atoms with Gasteiger partial charge in [0.1, 0.15) is 11.9 Å². The van der Waals surface area contributed by atoms with E-state index in [2.05, 4.69) is 15.4 Å². The zero-order valence-electron chi connectivity index (χ0n) is 17.4. The Bertz CT molecular complexity index is 994. The van der Waals surface area contributed by atoms with E-state index in [1.807, 2.05) is 0 Å². The second kappa shape index (κ2) is 10.3. The molecule has 2 atom stereocenters. The zero-order valence-corrected chi connectivity index (χ0v) is 17.4. The van der Waals surface area contributed by atoms with Crippen LogP contribution in [0.1, 0.15) is 33.6 Å². The number of rotatable bonds is 5. The summed E-state index contributed by atoms with van der Waals surface area (Å²) >= 11 is 0. The highest BCUT2D eigenvalue weighted by molar-refractivity contribution is 5.94. The molecule has 176 valence electrons. The Morgan fingerprint density at radius 2 is 1.64 bits per heavy atom. The molecule has 1 fully saturated rings. The molecule has 1 amide bonds. The Balaban J connectivity index is 1.65. The average molecular weight is 465 g/mol. The molecule has 1 saturated heterocycles. The molecule has 3 rings (SSSR count). The van der Waals surface area contributed by atoms with Crippen molar-refractivity contribution in [2.75, 3.05) is 18.8 Å². The summed E-state index contributed by atoms with van der Waals surface area (Å²) in [6.45, 7) is 1.04. The van der Waals surface area contributed by atoms with Gasteiger partial charge in [-0.2, -0.15) is 13.2 Å². The number of hydrogen-bond donors (Lipinski definition) is 3. The molecule has 33 heavy (non-hydrogen) atoms. The summed E-state index contributed by atoms with van der Waals surface area (Å²) in [5, 5.41) is 5.95. The lowest BCUT2D eigenvalue weighted by Crippen LogP contribution is -2.49. The Morgan fingerprint density at radius 3 is 2.27 bits per heavy atom. The van der Waals surface area contributed by atoms with Gasteiger partial charge in [-0.3, -0.25) is 4.79 Å². The first-order valence-electron chi connectivity index (χ1n) is 10.1. The lowest BCUT2D eigenvalue weighted by atomic mass is 10.1. The standard InChI is InChI=1S/C22H22F3N3O5/c23-22(24,25)21(31)32-16-9-5-13(6-10-16)19(29)28-17-12-27-11-1-2-18(17)33-20(30)14-3-7-15(26)8-4-14/h3-10,17-18,27H,1-2,11-12,26H2,(H,28,29)/t17-,18-/m1/s1. The SMILES string of the molecule is Nc1ccc(C(=O)O[C@@H]2CCCNC[C@H]2NC(=O)c2ccc(OC(=O)C(F)(F)F)cc2)cc1. The number of nitrogens with two attached hydrogens (primary N) is 1. The number of anilines is 1. The molecule has 1 aliphatic rings. The summed E-state index contributed by atoms with van der Waals surface area (Å²) < 4.78 is 46.8. The van der Waals surface area contributed by atoms with E-state index in [1.165, 1.54) is 12.1 Å². The fraction of sp³-hybridized carbons (Fsp3) is 0.318. The summed E-state index contributed by atoms with van der Waals surface area (Å²) in [5.74, 6) is -3.77. The number of halogens is 3. The molecule has 0 aliphatic carbocycles. The number of nitrogen functional groups attached to an aromatic ring is 1. The van der Waals surface area contributed by atoms with E-state index in [9.17, 15) is 27.6 Å². The van der Waals surface area contributed by atoms with Crippen molar-refractivity contribution in [3.63, 3.8) is 0 Å². The van der Waals surface area contributed by atoms with Crippen molar-refractivity contribution < 1.29 is 37.0 Å². The summed E-state index contributed by atoms with van der Waals surface area (Å²) in [4.78, 5) is 36.1. The number of esters is 2. The lowest BCUT2D eigenvalue weighted by molar-refractivity contribution is -0.189. The van der Waals surface area contributed by atoms with Gasteiger partial charge in [0.25, 0.3) is 5.91 Å². The van der Waals surface area contributed by atoms with Crippen LogP contribution in [0.2, 0.25) is 0 Å². The van der Waals surface area contributed by atoms with Crippen molar-refractivity contribution in [2.45, 2.75) is 31.2 Å². The summed E-state index contributed by atoms with van der Waals surface area (Å²) in [5.41, 5.74) is 6.61. The molecule has 2 aromatic carbocycles. The molecule has 4 N–H and O–H groups in total. The molecule has 2 aromatic rings. The van der Waals surface area contributed by atoms with E-state index in [1.54, 1.807) is 24.3 Å². The molecule has 11 heteroatoms. The van der Waals surface area contributed by atoms with Crippen LogP contribution < -0.4 is 21.1 Å². The third kappa shape index (κ3) is 6.69. The van der Waals surface area contributed by atoms with Gasteiger partial charge in [-0.05, 0) is 67.9 Å². The molecule has 0 aromatic heterocycles. The topological polar surface area (TPSA) is 120 Å². The smallest absolute Gasteiger partial charge is 0.457 e. The average Bonchev–Trinajstić information content (AvgIpc) is 2.99. The van der Waals surface area contributed by atoms with Crippen LogP contribution in [0.3, 0.4) is 0 Å². The molecule has 1 aliphatic heterocycles. The summed E-state index contributed by atoms with van der Waals surface area (Å²) in [6.07, 6.45) is -4.47. The van der Waals surface area contributed by atoms with Crippen molar-refractivity contribution >= 4 is 23.5 Å². The minimum atomic E-state index is -5.12. The van der Waals surface area contributed by atoms with Gasteiger partial charge in [0, 0.05) is 17.8 Å². The monoisotopic (exact) mass is 465 g/mol. The van der Waals surface area contributed by atoms with Crippen LogP contribution >= 0.6 is 0 Å². The van der Waals surface area contributed by atoms with Gasteiger partial charge in [-0.25, -0.2) is 9.59 Å². The number of carbonyl (C=O) groups is 3. The highest BCUT2D eigenvalue weighted by atomic mass is 19.4. The summed E-state index contributed by atoms with van der Waals surface area (Å²) in [7, 11) is 0. The number of ether oxygens (including phenoxy) is 2. The normalized spacial score (nSPS) is 18.6. The number of benzene rings is 2. The highest BCUT2D eigenvalue weighted by Gasteiger charge is 2.41. The van der Waals surface area contributed by atoms with Crippen LogP contribution in [0.5, 0.6) is 5.75 Å².